The first-order valence-electron chi connectivity index (χ1n) is 9.41. The number of aliphatic hydroxyl groups excluding tert-OH is 1. The van der Waals surface area contributed by atoms with Crippen molar-refractivity contribution >= 4 is 17.0 Å². The van der Waals surface area contributed by atoms with E-state index in [0.29, 0.717) is 6.54 Å². The second-order valence-corrected chi connectivity index (χ2v) is 7.15. The number of anilines is 1. The van der Waals surface area contributed by atoms with Gasteiger partial charge in [0, 0.05) is 13.1 Å². The molecular weight excluding hydrogens is 342 g/mol. The third kappa shape index (κ3) is 3.60. The van der Waals surface area contributed by atoms with Crippen LogP contribution in [0.2, 0.25) is 0 Å². The summed E-state index contributed by atoms with van der Waals surface area (Å²) in [5.41, 5.74) is 3.68. The molecule has 0 amide bonds. The fraction of sp³-hybridized carbons (Fsp3) is 0.450. The summed E-state index contributed by atoms with van der Waals surface area (Å²) in [5.74, 6) is 1.73. The van der Waals surface area contributed by atoms with Crippen molar-refractivity contribution in [3.05, 3.63) is 42.0 Å². The van der Waals surface area contributed by atoms with Crippen LogP contribution in [0.1, 0.15) is 24.0 Å². The van der Waals surface area contributed by atoms with E-state index in [1.165, 1.54) is 12.8 Å². The highest BCUT2D eigenvalue weighted by Gasteiger charge is 2.20. The van der Waals surface area contributed by atoms with E-state index in [1.54, 1.807) is 12.7 Å². The van der Waals surface area contributed by atoms with Crippen LogP contribution >= 0.6 is 0 Å². The number of aryl methyl sites for hydroxylation is 2. The number of imidazole rings is 1. The van der Waals surface area contributed by atoms with Crippen LogP contribution in [0.3, 0.4) is 0 Å². The van der Waals surface area contributed by atoms with E-state index in [2.05, 4.69) is 19.9 Å². The van der Waals surface area contributed by atoms with Gasteiger partial charge in [-0.1, -0.05) is 18.2 Å². The molecule has 1 atom stereocenters. The van der Waals surface area contributed by atoms with Gasteiger partial charge >= 0.3 is 0 Å². The molecule has 1 N–H and O–H groups in total. The molecule has 7 nitrogen and oxygen atoms in total. The lowest BCUT2D eigenvalue weighted by Crippen LogP contribution is -2.24. The summed E-state index contributed by atoms with van der Waals surface area (Å²) < 4.78 is 7.74. The second-order valence-electron chi connectivity index (χ2n) is 7.15. The maximum absolute atomic E-state index is 10.5. The van der Waals surface area contributed by atoms with E-state index in [1.807, 2.05) is 36.6 Å². The molecular formula is C20H25N5O2. The van der Waals surface area contributed by atoms with Crippen molar-refractivity contribution in [1.82, 2.24) is 19.5 Å². The van der Waals surface area contributed by atoms with Gasteiger partial charge in [-0.15, -0.1) is 0 Å². The molecule has 0 unspecified atom stereocenters. The van der Waals surface area contributed by atoms with Crippen molar-refractivity contribution in [2.75, 3.05) is 24.6 Å². The first-order valence-corrected chi connectivity index (χ1v) is 9.41. The Kier molecular flexibility index (Phi) is 4.94. The summed E-state index contributed by atoms with van der Waals surface area (Å²) >= 11 is 0. The van der Waals surface area contributed by atoms with Crippen molar-refractivity contribution in [3.63, 3.8) is 0 Å². The number of aliphatic hydroxyl groups is 1. The van der Waals surface area contributed by atoms with E-state index in [0.717, 1.165) is 46.9 Å². The van der Waals surface area contributed by atoms with Gasteiger partial charge in [0.15, 0.2) is 17.0 Å². The van der Waals surface area contributed by atoms with Gasteiger partial charge in [0.2, 0.25) is 0 Å². The number of nitrogens with zero attached hydrogens (tertiary/aromatic N) is 5. The summed E-state index contributed by atoms with van der Waals surface area (Å²) in [6.07, 6.45) is 5.00. The van der Waals surface area contributed by atoms with E-state index in [4.69, 9.17) is 4.74 Å². The number of aromatic nitrogens is 4. The van der Waals surface area contributed by atoms with Crippen LogP contribution in [0.25, 0.3) is 11.2 Å². The van der Waals surface area contributed by atoms with E-state index in [9.17, 15) is 5.11 Å². The predicted octanol–water partition coefficient (Wildman–Crippen LogP) is 2.48. The average molecular weight is 367 g/mol. The van der Waals surface area contributed by atoms with Crippen molar-refractivity contribution < 1.29 is 9.84 Å². The molecule has 3 heterocycles. The Balaban J connectivity index is 1.47. The molecule has 0 saturated carbocycles. The Labute approximate surface area is 158 Å². The van der Waals surface area contributed by atoms with Crippen LogP contribution in [0.4, 0.5) is 5.82 Å². The lowest BCUT2D eigenvalue weighted by Gasteiger charge is -2.17. The smallest absolute Gasteiger partial charge is 0.165 e. The number of ether oxygens (including phenoxy) is 1. The van der Waals surface area contributed by atoms with Gasteiger partial charge < -0.3 is 19.3 Å². The van der Waals surface area contributed by atoms with Crippen molar-refractivity contribution in [3.8, 4) is 5.75 Å². The number of rotatable bonds is 6. The van der Waals surface area contributed by atoms with Crippen LogP contribution in [-0.4, -0.2) is 50.4 Å². The maximum Gasteiger partial charge on any atom is 0.165 e. The Bertz CT molecular complexity index is 913. The topological polar surface area (TPSA) is 76.3 Å². The summed E-state index contributed by atoms with van der Waals surface area (Å²) in [4.78, 5) is 15.6. The van der Waals surface area contributed by atoms with Crippen LogP contribution in [0.15, 0.2) is 30.9 Å². The molecule has 0 radical (unpaired) electrons. The fourth-order valence-electron chi connectivity index (χ4n) is 3.65. The van der Waals surface area contributed by atoms with Crippen molar-refractivity contribution in [2.45, 2.75) is 39.3 Å². The van der Waals surface area contributed by atoms with Gasteiger partial charge in [-0.25, -0.2) is 15.0 Å². The lowest BCUT2D eigenvalue weighted by atomic mass is 10.1. The molecule has 1 aromatic carbocycles. The standard InChI is InChI=1S/C20H25N5O2/c1-14-6-5-7-15(2)18(14)27-11-16(26)10-25-13-23-17-19(21-12-22-20(17)25)24-8-3-4-9-24/h5-7,12-13,16,26H,3-4,8-11H2,1-2H3/t16-/m0/s1. The van der Waals surface area contributed by atoms with Gasteiger partial charge in [0.1, 0.15) is 24.8 Å². The molecule has 0 bridgehead atoms. The fourth-order valence-corrected chi connectivity index (χ4v) is 3.65. The molecule has 1 aliphatic heterocycles. The quantitative estimate of drug-likeness (QED) is 0.721. The molecule has 4 rings (SSSR count). The summed E-state index contributed by atoms with van der Waals surface area (Å²) in [6.45, 7) is 6.62. The van der Waals surface area contributed by atoms with Crippen LogP contribution in [-0.2, 0) is 6.54 Å². The Hall–Kier alpha value is -2.67. The normalized spacial score (nSPS) is 15.4. The number of fused-ring (bicyclic) bond motifs is 1. The molecule has 7 heteroatoms. The minimum absolute atomic E-state index is 0.218. The number of benzene rings is 1. The summed E-state index contributed by atoms with van der Waals surface area (Å²) in [6, 6.07) is 6.02. The van der Waals surface area contributed by atoms with Crippen molar-refractivity contribution in [2.24, 2.45) is 0 Å². The van der Waals surface area contributed by atoms with Crippen LogP contribution < -0.4 is 9.64 Å². The first-order chi connectivity index (χ1) is 13.1. The number of hydrogen-bond donors (Lipinski definition) is 1. The Morgan fingerprint density at radius 2 is 1.85 bits per heavy atom. The molecule has 1 fully saturated rings. The van der Waals surface area contributed by atoms with E-state index < -0.39 is 6.10 Å². The molecule has 142 valence electrons. The zero-order chi connectivity index (χ0) is 18.8. The highest BCUT2D eigenvalue weighted by Crippen LogP contribution is 2.25. The van der Waals surface area contributed by atoms with E-state index >= 15 is 0 Å². The summed E-state index contributed by atoms with van der Waals surface area (Å²) in [5, 5.41) is 10.5. The van der Waals surface area contributed by atoms with Crippen molar-refractivity contribution in [1.29, 1.82) is 0 Å². The van der Waals surface area contributed by atoms with Gasteiger partial charge in [-0.05, 0) is 37.8 Å². The SMILES string of the molecule is Cc1cccc(C)c1OC[C@@H](O)Cn1cnc2c(N3CCCC3)ncnc21. The molecule has 1 saturated heterocycles. The molecule has 3 aromatic rings. The van der Waals surface area contributed by atoms with Gasteiger partial charge in [0.05, 0.1) is 12.9 Å². The zero-order valence-electron chi connectivity index (χ0n) is 15.8. The molecule has 2 aromatic heterocycles. The van der Waals surface area contributed by atoms with Crippen LogP contribution in [0, 0.1) is 13.8 Å². The predicted molar refractivity (Wildman–Crippen MR) is 104 cm³/mol. The number of para-hydroxylation sites is 1. The lowest BCUT2D eigenvalue weighted by molar-refractivity contribution is 0.0926. The first kappa shape index (κ1) is 17.7. The monoisotopic (exact) mass is 367 g/mol. The van der Waals surface area contributed by atoms with Crippen LogP contribution in [0.5, 0.6) is 5.75 Å². The Morgan fingerprint density at radius 3 is 2.59 bits per heavy atom. The number of hydrogen-bond acceptors (Lipinski definition) is 6. The maximum atomic E-state index is 10.5. The second kappa shape index (κ2) is 7.52. The largest absolute Gasteiger partial charge is 0.490 e. The highest BCUT2D eigenvalue weighted by atomic mass is 16.5. The third-order valence-corrected chi connectivity index (χ3v) is 5.02. The van der Waals surface area contributed by atoms with Gasteiger partial charge in [-0.2, -0.15) is 0 Å². The molecule has 0 aliphatic carbocycles. The van der Waals surface area contributed by atoms with Gasteiger partial charge in [-0.3, -0.25) is 0 Å². The Morgan fingerprint density at radius 1 is 1.11 bits per heavy atom. The minimum Gasteiger partial charge on any atom is -0.490 e. The highest BCUT2D eigenvalue weighted by molar-refractivity contribution is 5.83. The molecule has 1 aliphatic rings. The molecule has 27 heavy (non-hydrogen) atoms. The van der Waals surface area contributed by atoms with E-state index in [-0.39, 0.29) is 6.61 Å². The minimum atomic E-state index is -0.661. The average Bonchev–Trinajstić information content (AvgIpc) is 3.31. The zero-order valence-corrected chi connectivity index (χ0v) is 15.8. The third-order valence-electron chi connectivity index (χ3n) is 5.02. The summed E-state index contributed by atoms with van der Waals surface area (Å²) in [7, 11) is 0. The van der Waals surface area contributed by atoms with Gasteiger partial charge in [0.25, 0.3) is 0 Å². The molecule has 0 spiro atoms.